The summed E-state index contributed by atoms with van der Waals surface area (Å²) in [6, 6.07) is 9.56. The van der Waals surface area contributed by atoms with E-state index < -0.39 is 10.0 Å². The van der Waals surface area contributed by atoms with Gasteiger partial charge in [0.1, 0.15) is 0 Å². The van der Waals surface area contributed by atoms with Crippen molar-refractivity contribution in [1.82, 2.24) is 14.3 Å². The molecular formula is C19H18N4O4S2. The molecule has 2 N–H and O–H groups in total. The third-order valence-electron chi connectivity index (χ3n) is 5.12. The van der Waals surface area contributed by atoms with Gasteiger partial charge in [-0.2, -0.15) is 0 Å². The van der Waals surface area contributed by atoms with Gasteiger partial charge in [0.05, 0.1) is 15.8 Å². The molecule has 1 aliphatic heterocycles. The highest BCUT2D eigenvalue weighted by molar-refractivity contribution is 7.89. The lowest BCUT2D eigenvalue weighted by molar-refractivity contribution is 0.0989. The maximum absolute atomic E-state index is 13.1. The van der Waals surface area contributed by atoms with Gasteiger partial charge >= 0.3 is 0 Å². The Balaban J connectivity index is 1.73. The molecule has 1 amide bonds. The van der Waals surface area contributed by atoms with E-state index in [-0.39, 0.29) is 21.1 Å². The van der Waals surface area contributed by atoms with Gasteiger partial charge in [-0.25, -0.2) is 13.1 Å². The summed E-state index contributed by atoms with van der Waals surface area (Å²) in [6.07, 6.45) is 0.560. The van der Waals surface area contributed by atoms with Crippen LogP contribution < -0.4 is 15.2 Å². The second-order valence-electron chi connectivity index (χ2n) is 6.76. The van der Waals surface area contributed by atoms with Crippen molar-refractivity contribution in [3.63, 3.8) is 0 Å². The Hall–Kier alpha value is -2.82. The van der Waals surface area contributed by atoms with Crippen LogP contribution in [-0.2, 0) is 23.5 Å². The molecule has 0 saturated carbocycles. The number of anilines is 1. The topological polar surface area (TPSA) is 104 Å². The Kier molecular flexibility index (Phi) is 4.64. The number of sulfonamides is 1. The zero-order chi connectivity index (χ0) is 20.9. The smallest absolute Gasteiger partial charge is 0.261 e. The average Bonchev–Trinajstić information content (AvgIpc) is 3.14. The summed E-state index contributed by atoms with van der Waals surface area (Å²) in [4.78, 5) is 30.2. The van der Waals surface area contributed by atoms with Crippen LogP contribution in [0.2, 0.25) is 0 Å². The van der Waals surface area contributed by atoms with Gasteiger partial charge in [0, 0.05) is 24.8 Å². The number of H-pyrrole nitrogens is 1. The van der Waals surface area contributed by atoms with Crippen LogP contribution in [0, 0.1) is 4.77 Å². The molecule has 0 unspecified atom stereocenters. The van der Waals surface area contributed by atoms with Gasteiger partial charge in [-0.05, 0) is 67.6 Å². The van der Waals surface area contributed by atoms with E-state index in [0.29, 0.717) is 35.1 Å². The van der Waals surface area contributed by atoms with Gasteiger partial charge in [0.2, 0.25) is 10.0 Å². The zero-order valence-electron chi connectivity index (χ0n) is 15.7. The van der Waals surface area contributed by atoms with E-state index in [1.165, 1.54) is 17.7 Å². The molecular weight excluding hydrogens is 412 g/mol. The number of carbonyl (C=O) groups is 1. The summed E-state index contributed by atoms with van der Waals surface area (Å²) in [5.74, 6) is -0.227. The number of fused-ring (bicyclic) bond motifs is 2. The molecule has 0 fully saturated rings. The Morgan fingerprint density at radius 2 is 1.97 bits per heavy atom. The maximum Gasteiger partial charge on any atom is 0.261 e. The second kappa shape index (κ2) is 6.90. The van der Waals surface area contributed by atoms with E-state index in [9.17, 15) is 18.0 Å². The molecule has 150 valence electrons. The number of aromatic nitrogens is 2. The number of nitrogens with zero attached hydrogens (tertiary/aromatic N) is 2. The van der Waals surface area contributed by atoms with E-state index in [2.05, 4.69) is 9.71 Å². The number of benzene rings is 2. The van der Waals surface area contributed by atoms with Crippen molar-refractivity contribution in [3.8, 4) is 0 Å². The molecule has 1 aliphatic rings. The zero-order valence-corrected chi connectivity index (χ0v) is 17.4. The van der Waals surface area contributed by atoms with Gasteiger partial charge in [-0.15, -0.1) is 0 Å². The van der Waals surface area contributed by atoms with Crippen molar-refractivity contribution < 1.29 is 13.2 Å². The first-order chi connectivity index (χ1) is 13.7. The molecule has 2 aromatic carbocycles. The molecule has 0 bridgehead atoms. The number of rotatable bonds is 3. The molecule has 1 aromatic heterocycles. The van der Waals surface area contributed by atoms with Crippen LogP contribution in [0.3, 0.4) is 0 Å². The van der Waals surface area contributed by atoms with Crippen LogP contribution in [0.25, 0.3) is 10.9 Å². The lowest BCUT2D eigenvalue weighted by Crippen LogP contribution is -2.29. The Morgan fingerprint density at radius 1 is 1.21 bits per heavy atom. The fourth-order valence-electron chi connectivity index (χ4n) is 3.47. The van der Waals surface area contributed by atoms with Gasteiger partial charge in [0.25, 0.3) is 11.5 Å². The van der Waals surface area contributed by atoms with Crippen LogP contribution in [0.15, 0.2) is 46.1 Å². The minimum absolute atomic E-state index is 0.169. The van der Waals surface area contributed by atoms with Crippen molar-refractivity contribution >= 4 is 44.7 Å². The van der Waals surface area contributed by atoms with E-state index in [0.717, 1.165) is 5.56 Å². The third-order valence-corrected chi connectivity index (χ3v) is 6.91. The molecule has 0 aliphatic carbocycles. The fourth-order valence-corrected chi connectivity index (χ4v) is 4.44. The van der Waals surface area contributed by atoms with Gasteiger partial charge < -0.3 is 9.88 Å². The highest BCUT2D eigenvalue weighted by Crippen LogP contribution is 2.31. The number of hydrogen-bond donors (Lipinski definition) is 2. The van der Waals surface area contributed by atoms with Crippen LogP contribution >= 0.6 is 12.2 Å². The molecule has 10 heteroatoms. The predicted octanol–water partition coefficient (Wildman–Crippen LogP) is 1.71. The number of aromatic amines is 1. The third kappa shape index (κ3) is 3.18. The molecule has 0 spiro atoms. The second-order valence-corrected chi connectivity index (χ2v) is 9.03. The van der Waals surface area contributed by atoms with Crippen LogP contribution in [0.1, 0.15) is 15.9 Å². The van der Waals surface area contributed by atoms with Crippen LogP contribution in [0.5, 0.6) is 0 Å². The van der Waals surface area contributed by atoms with E-state index in [4.69, 9.17) is 12.2 Å². The Labute approximate surface area is 171 Å². The van der Waals surface area contributed by atoms with Crippen LogP contribution in [-0.4, -0.2) is 37.5 Å². The van der Waals surface area contributed by atoms with Gasteiger partial charge in [-0.1, -0.05) is 0 Å². The maximum atomic E-state index is 13.1. The van der Waals surface area contributed by atoms with Gasteiger partial charge in [0.15, 0.2) is 4.77 Å². The van der Waals surface area contributed by atoms with Crippen molar-refractivity contribution in [2.24, 2.45) is 7.05 Å². The molecule has 4 rings (SSSR count). The predicted molar refractivity (Wildman–Crippen MR) is 112 cm³/mol. The minimum atomic E-state index is -3.54. The lowest BCUT2D eigenvalue weighted by atomic mass is 10.1. The monoisotopic (exact) mass is 430 g/mol. The van der Waals surface area contributed by atoms with E-state index in [1.54, 1.807) is 42.3 Å². The van der Waals surface area contributed by atoms with Crippen molar-refractivity contribution in [1.29, 1.82) is 0 Å². The molecule has 29 heavy (non-hydrogen) atoms. The largest absolute Gasteiger partial charge is 0.332 e. The normalized spacial score (nSPS) is 13.7. The summed E-state index contributed by atoms with van der Waals surface area (Å²) in [6.45, 7) is 0.446. The molecule has 0 atom stereocenters. The van der Waals surface area contributed by atoms with Crippen LogP contribution in [0.4, 0.5) is 5.69 Å². The number of hydrogen-bond acceptors (Lipinski definition) is 5. The molecule has 0 radical (unpaired) electrons. The van der Waals surface area contributed by atoms with Crippen molar-refractivity contribution in [2.75, 3.05) is 18.5 Å². The summed E-state index contributed by atoms with van der Waals surface area (Å²) in [5, 5.41) is 0.446. The average molecular weight is 431 g/mol. The highest BCUT2D eigenvalue weighted by Gasteiger charge is 2.27. The van der Waals surface area contributed by atoms with Gasteiger partial charge in [-0.3, -0.25) is 14.2 Å². The number of nitrogens with one attached hydrogen (secondary N) is 2. The molecule has 8 nitrogen and oxygen atoms in total. The summed E-state index contributed by atoms with van der Waals surface area (Å²) < 4.78 is 27.9. The minimum Gasteiger partial charge on any atom is -0.332 e. The summed E-state index contributed by atoms with van der Waals surface area (Å²) >= 11 is 5.15. The fraction of sp³-hybridized carbons (Fsp3) is 0.211. The number of amides is 1. The van der Waals surface area contributed by atoms with E-state index >= 15 is 0 Å². The van der Waals surface area contributed by atoms with Crippen molar-refractivity contribution in [2.45, 2.75) is 11.3 Å². The highest BCUT2D eigenvalue weighted by atomic mass is 32.2. The standard InChI is InChI=1S/C19H18N4O4S2/c1-20-29(26,27)13-4-6-16-11(9-13)7-8-23(16)17(24)12-3-5-14-15(10-12)21-19(28)22(2)18(14)25/h3-6,9-10,20H,7-8H2,1-2H3,(H,21,28). The first-order valence-electron chi connectivity index (χ1n) is 8.84. The lowest BCUT2D eigenvalue weighted by Gasteiger charge is -2.18. The summed E-state index contributed by atoms with van der Waals surface area (Å²) in [7, 11) is -0.600. The van der Waals surface area contributed by atoms with E-state index in [1.807, 2.05) is 0 Å². The molecule has 3 aromatic rings. The Bertz CT molecular complexity index is 1390. The first-order valence-corrected chi connectivity index (χ1v) is 10.7. The first kappa shape index (κ1) is 19.5. The molecule has 2 heterocycles. The molecule has 0 saturated heterocycles. The quantitative estimate of drug-likeness (QED) is 0.616. The van der Waals surface area contributed by atoms with Crippen molar-refractivity contribution in [3.05, 3.63) is 62.6 Å². The number of carbonyl (C=O) groups excluding carboxylic acids is 1. The Morgan fingerprint density at radius 3 is 2.69 bits per heavy atom. The SMILES string of the molecule is CNS(=O)(=O)c1ccc2c(c1)CCN2C(=O)c1ccc2c(=O)n(C)c(=S)[nH]c2c1. The summed E-state index contributed by atoms with van der Waals surface area (Å²) in [5.41, 5.74) is 2.16.